The number of hydrogen-bond acceptors (Lipinski definition) is 4. The largest absolute Gasteiger partial charge is 0.506 e. The van der Waals surface area contributed by atoms with Crippen molar-refractivity contribution in [1.82, 2.24) is 4.90 Å². The quantitative estimate of drug-likeness (QED) is 0.404. The van der Waals surface area contributed by atoms with Gasteiger partial charge in [0.2, 0.25) is 0 Å². The molecule has 0 bridgehead atoms. The van der Waals surface area contributed by atoms with E-state index in [0.29, 0.717) is 23.3 Å². The number of hydrogen-bond donors (Lipinski definition) is 2. The van der Waals surface area contributed by atoms with Crippen LogP contribution in [0.4, 0.5) is 0 Å². The summed E-state index contributed by atoms with van der Waals surface area (Å²) in [6, 6.07) is 12.6. The summed E-state index contributed by atoms with van der Waals surface area (Å²) >= 11 is 6.59. The van der Waals surface area contributed by atoms with E-state index >= 15 is 0 Å². The molecule has 3 aliphatic carbocycles. The van der Waals surface area contributed by atoms with Crippen molar-refractivity contribution in [3.63, 3.8) is 0 Å². The zero-order chi connectivity index (χ0) is 25.6. The van der Waals surface area contributed by atoms with Gasteiger partial charge in [-0.05, 0) is 116 Å². The van der Waals surface area contributed by atoms with Crippen LogP contribution in [0.1, 0.15) is 86.8 Å². The van der Waals surface area contributed by atoms with Crippen LogP contribution in [0.2, 0.25) is 5.02 Å². The lowest BCUT2D eigenvalue weighted by Crippen LogP contribution is -2.49. The Balaban J connectivity index is 1.23. The molecule has 4 nitrogen and oxygen atoms in total. The highest BCUT2D eigenvalue weighted by Gasteiger charge is 2.57. The summed E-state index contributed by atoms with van der Waals surface area (Å²) < 4.78 is 6.13. The van der Waals surface area contributed by atoms with Crippen molar-refractivity contribution >= 4 is 11.6 Å². The second kappa shape index (κ2) is 10.4. The molecular weight excluding hydrogens is 482 g/mol. The number of rotatable bonds is 6. The van der Waals surface area contributed by atoms with E-state index in [-0.39, 0.29) is 23.0 Å². The van der Waals surface area contributed by atoms with E-state index in [4.69, 9.17) is 16.3 Å². The Morgan fingerprint density at radius 1 is 1.05 bits per heavy atom. The Morgan fingerprint density at radius 3 is 2.62 bits per heavy atom. The number of likely N-dealkylation sites (tertiary alicyclic amines) is 1. The molecule has 0 radical (unpaired) electrons. The smallest absolute Gasteiger partial charge is 0.134 e. The molecule has 6 atom stereocenters. The van der Waals surface area contributed by atoms with Crippen molar-refractivity contribution in [3.8, 4) is 11.5 Å². The molecule has 2 aromatic carbocycles. The van der Waals surface area contributed by atoms with Crippen molar-refractivity contribution in [2.75, 3.05) is 26.2 Å². The van der Waals surface area contributed by atoms with E-state index in [9.17, 15) is 10.2 Å². The van der Waals surface area contributed by atoms with Crippen molar-refractivity contribution in [3.05, 3.63) is 58.1 Å². The first-order valence-electron chi connectivity index (χ1n) is 14.6. The number of ether oxygens (including phenoxy) is 1. The number of piperidine rings is 1. The molecule has 1 aliphatic heterocycles. The Kier molecular flexibility index (Phi) is 7.20. The topological polar surface area (TPSA) is 52.9 Å². The molecule has 2 saturated carbocycles. The maximum atomic E-state index is 11.5. The molecule has 0 amide bonds. The molecule has 200 valence electrons. The third-order valence-corrected chi connectivity index (χ3v) is 10.7. The maximum Gasteiger partial charge on any atom is 0.134 e. The van der Waals surface area contributed by atoms with Gasteiger partial charge in [-0.1, -0.05) is 49.6 Å². The van der Waals surface area contributed by atoms with Crippen LogP contribution in [0.5, 0.6) is 11.5 Å². The molecule has 4 aliphatic rings. The van der Waals surface area contributed by atoms with Gasteiger partial charge >= 0.3 is 0 Å². The molecule has 37 heavy (non-hydrogen) atoms. The van der Waals surface area contributed by atoms with Gasteiger partial charge < -0.3 is 19.8 Å². The van der Waals surface area contributed by atoms with Crippen molar-refractivity contribution in [2.24, 2.45) is 17.3 Å². The van der Waals surface area contributed by atoms with Crippen LogP contribution in [0, 0.1) is 17.3 Å². The predicted molar refractivity (Wildman–Crippen MR) is 149 cm³/mol. The fourth-order valence-corrected chi connectivity index (χ4v) is 8.79. The van der Waals surface area contributed by atoms with E-state index in [2.05, 4.69) is 42.2 Å². The average molecular weight is 524 g/mol. The first-order valence-corrected chi connectivity index (χ1v) is 15.0. The summed E-state index contributed by atoms with van der Waals surface area (Å²) in [5.41, 5.74) is 3.76. The van der Waals surface area contributed by atoms with E-state index in [0.717, 1.165) is 37.3 Å². The molecule has 6 rings (SSSR count). The summed E-state index contributed by atoms with van der Waals surface area (Å²) in [5, 5.41) is 22.2. The van der Waals surface area contributed by atoms with Gasteiger partial charge in [0, 0.05) is 13.0 Å². The lowest BCUT2D eigenvalue weighted by atomic mass is 9.50. The highest BCUT2D eigenvalue weighted by Crippen LogP contribution is 2.65. The van der Waals surface area contributed by atoms with Crippen LogP contribution in [0.3, 0.4) is 0 Å². The Hall–Kier alpha value is -1.75. The fraction of sp³-hybridized carbons (Fsp3) is 0.625. The van der Waals surface area contributed by atoms with E-state index in [1.807, 2.05) is 0 Å². The molecule has 0 spiro atoms. The maximum absolute atomic E-state index is 11.5. The van der Waals surface area contributed by atoms with Gasteiger partial charge in [0.25, 0.3) is 0 Å². The standard InChI is InChI=1S/C32H42ClNO3/c1-32-14-5-7-26(32)30-28(36)19-24-23(12-13-27(35)31(24)33)29(30)25(20-32)21-8-10-22(11-9-21)37-18-6-17-34-15-3-2-4-16-34/h8-13,25-26,28-30,35-36H,2-7,14-20H2,1H3/t25-,26+,28+,29+,30-,32+/m1/s1. The Morgan fingerprint density at radius 2 is 1.84 bits per heavy atom. The zero-order valence-electron chi connectivity index (χ0n) is 22.2. The van der Waals surface area contributed by atoms with Crippen LogP contribution in [-0.2, 0) is 6.42 Å². The highest BCUT2D eigenvalue weighted by atomic mass is 35.5. The van der Waals surface area contributed by atoms with Crippen LogP contribution < -0.4 is 4.74 Å². The zero-order valence-corrected chi connectivity index (χ0v) is 22.9. The number of halogens is 1. The monoisotopic (exact) mass is 523 g/mol. The van der Waals surface area contributed by atoms with Crippen LogP contribution in [0.25, 0.3) is 0 Å². The number of benzene rings is 2. The lowest BCUT2D eigenvalue weighted by molar-refractivity contribution is -0.0349. The summed E-state index contributed by atoms with van der Waals surface area (Å²) in [5.74, 6) is 2.34. The van der Waals surface area contributed by atoms with Crippen molar-refractivity contribution in [1.29, 1.82) is 0 Å². The number of aliphatic hydroxyl groups excluding tert-OH is 1. The summed E-state index contributed by atoms with van der Waals surface area (Å²) in [6.45, 7) is 6.81. The van der Waals surface area contributed by atoms with Gasteiger partial charge in [-0.3, -0.25) is 0 Å². The third kappa shape index (κ3) is 4.79. The number of phenols is 1. The normalized spacial score (nSPS) is 33.4. The second-order valence-electron chi connectivity index (χ2n) is 12.5. The van der Waals surface area contributed by atoms with E-state index in [1.54, 1.807) is 6.07 Å². The van der Waals surface area contributed by atoms with Crippen LogP contribution >= 0.6 is 11.6 Å². The van der Waals surface area contributed by atoms with Crippen LogP contribution in [-0.4, -0.2) is 47.5 Å². The molecule has 5 heteroatoms. The van der Waals surface area contributed by atoms with Crippen LogP contribution in [0.15, 0.2) is 36.4 Å². The third-order valence-electron chi connectivity index (χ3n) is 10.3. The van der Waals surface area contributed by atoms with Gasteiger partial charge in [0.15, 0.2) is 0 Å². The SMILES string of the molecule is C[C@@]12CCC[C@H]1[C@H]1[C@@H](c3ccc(O)c(Cl)c3C[C@@H]1O)[C@@H](c1ccc(OCCCN3CCCCC3)cc1)C2. The number of aromatic hydroxyl groups is 1. The highest BCUT2D eigenvalue weighted by molar-refractivity contribution is 6.32. The van der Waals surface area contributed by atoms with Gasteiger partial charge in [-0.25, -0.2) is 0 Å². The van der Waals surface area contributed by atoms with E-state index in [1.165, 1.54) is 62.7 Å². The van der Waals surface area contributed by atoms with Crippen molar-refractivity contribution < 1.29 is 14.9 Å². The molecular formula is C32H42ClNO3. The molecule has 3 fully saturated rings. The average Bonchev–Trinajstić information content (AvgIpc) is 3.31. The fourth-order valence-electron chi connectivity index (χ4n) is 8.54. The minimum Gasteiger partial charge on any atom is -0.506 e. The van der Waals surface area contributed by atoms with Gasteiger partial charge in [-0.15, -0.1) is 0 Å². The predicted octanol–water partition coefficient (Wildman–Crippen LogP) is 6.91. The van der Waals surface area contributed by atoms with Crippen molar-refractivity contribution in [2.45, 2.75) is 82.7 Å². The first kappa shape index (κ1) is 25.5. The molecule has 1 saturated heterocycles. The molecule has 2 aromatic rings. The minimum absolute atomic E-state index is 0.117. The number of fused-ring (bicyclic) bond motifs is 5. The number of nitrogens with zero attached hydrogens (tertiary/aromatic N) is 1. The van der Waals surface area contributed by atoms with Gasteiger partial charge in [-0.2, -0.15) is 0 Å². The molecule has 2 N–H and O–H groups in total. The van der Waals surface area contributed by atoms with E-state index < -0.39 is 6.10 Å². The number of phenolic OH excluding ortho intramolecular Hbond substituents is 1. The van der Waals surface area contributed by atoms with Gasteiger partial charge in [0.1, 0.15) is 11.5 Å². The molecule has 1 heterocycles. The number of aliphatic hydroxyl groups is 1. The second-order valence-corrected chi connectivity index (χ2v) is 12.9. The summed E-state index contributed by atoms with van der Waals surface area (Å²) in [6.07, 6.45) is 10.0. The Labute approximate surface area is 227 Å². The molecule has 0 aromatic heterocycles. The summed E-state index contributed by atoms with van der Waals surface area (Å²) in [7, 11) is 0. The summed E-state index contributed by atoms with van der Waals surface area (Å²) in [4.78, 5) is 2.56. The molecule has 0 unspecified atom stereocenters. The lowest BCUT2D eigenvalue weighted by Gasteiger charge is -2.54. The van der Waals surface area contributed by atoms with Gasteiger partial charge in [0.05, 0.1) is 17.7 Å². The minimum atomic E-state index is -0.426. The first-order chi connectivity index (χ1) is 17.9. The Bertz CT molecular complexity index is 1100.